The number of nitriles is 1. The molecule has 5 rings (SSSR count). The third-order valence-electron chi connectivity index (χ3n) is 8.37. The van der Waals surface area contributed by atoms with Crippen LogP contribution < -0.4 is 15.1 Å². The first kappa shape index (κ1) is 27.8. The number of amides is 2. The number of nitrogens with zero attached hydrogens (tertiary/aromatic N) is 4. The molecule has 1 aliphatic carbocycles. The molecular formula is C32H41N5O3. The number of anilines is 3. The Balaban J connectivity index is 1.45. The predicted molar refractivity (Wildman–Crippen MR) is 157 cm³/mol. The van der Waals surface area contributed by atoms with Crippen molar-refractivity contribution in [2.75, 3.05) is 34.8 Å². The Morgan fingerprint density at radius 1 is 1.05 bits per heavy atom. The van der Waals surface area contributed by atoms with E-state index in [1.807, 2.05) is 54.8 Å². The van der Waals surface area contributed by atoms with Gasteiger partial charge in [0.25, 0.3) is 0 Å². The van der Waals surface area contributed by atoms with Crippen molar-refractivity contribution in [3.05, 3.63) is 53.6 Å². The maximum Gasteiger partial charge on any atom is 0.410 e. The van der Waals surface area contributed by atoms with Gasteiger partial charge in [-0.15, -0.1) is 0 Å². The van der Waals surface area contributed by atoms with E-state index < -0.39 is 5.60 Å². The largest absolute Gasteiger partial charge is 0.444 e. The van der Waals surface area contributed by atoms with Crippen LogP contribution in [0.25, 0.3) is 0 Å². The maximum atomic E-state index is 13.0. The molecule has 40 heavy (non-hydrogen) atoms. The SMILES string of the molecule is CC(=O)N1c2ccc(N3CCN(C(=O)OC(C)(C)C)[C@@H](C)C3)cc2C(Nc2ccc(C#N)cc2)[C@@H](C)C1C1CC1. The molecule has 2 aromatic rings. The molecular weight excluding hydrogens is 502 g/mol. The highest BCUT2D eigenvalue weighted by Gasteiger charge is 2.47. The molecule has 2 unspecified atom stereocenters. The summed E-state index contributed by atoms with van der Waals surface area (Å²) in [7, 11) is 0. The van der Waals surface area contributed by atoms with Crippen LogP contribution in [0, 0.1) is 23.2 Å². The lowest BCUT2D eigenvalue weighted by Gasteiger charge is -2.47. The third-order valence-corrected chi connectivity index (χ3v) is 8.37. The fourth-order valence-corrected chi connectivity index (χ4v) is 6.35. The molecule has 212 valence electrons. The van der Waals surface area contributed by atoms with Crippen LogP contribution in [0.5, 0.6) is 0 Å². The molecule has 0 spiro atoms. The second-order valence-electron chi connectivity index (χ2n) is 12.6. The topological polar surface area (TPSA) is 88.9 Å². The monoisotopic (exact) mass is 543 g/mol. The second kappa shape index (κ2) is 10.7. The summed E-state index contributed by atoms with van der Waals surface area (Å²) in [6.45, 7) is 13.6. The first-order chi connectivity index (χ1) is 19.0. The van der Waals surface area contributed by atoms with E-state index in [0.29, 0.717) is 31.1 Å². The highest BCUT2D eigenvalue weighted by molar-refractivity contribution is 5.94. The Bertz CT molecular complexity index is 1310. The zero-order valence-corrected chi connectivity index (χ0v) is 24.5. The van der Waals surface area contributed by atoms with Gasteiger partial charge in [-0.05, 0) is 88.9 Å². The molecule has 8 nitrogen and oxygen atoms in total. The van der Waals surface area contributed by atoms with Gasteiger partial charge < -0.3 is 24.8 Å². The highest BCUT2D eigenvalue weighted by Crippen LogP contribution is 2.50. The number of piperazine rings is 1. The molecule has 2 amide bonds. The van der Waals surface area contributed by atoms with E-state index in [0.717, 1.165) is 35.5 Å². The van der Waals surface area contributed by atoms with Crippen molar-refractivity contribution in [2.24, 2.45) is 11.8 Å². The molecule has 4 atom stereocenters. The van der Waals surface area contributed by atoms with Crippen LogP contribution in [0.15, 0.2) is 42.5 Å². The molecule has 1 saturated carbocycles. The predicted octanol–water partition coefficient (Wildman–Crippen LogP) is 5.94. The lowest BCUT2D eigenvalue weighted by molar-refractivity contribution is -0.117. The van der Waals surface area contributed by atoms with Gasteiger partial charge >= 0.3 is 6.09 Å². The second-order valence-corrected chi connectivity index (χ2v) is 12.6. The van der Waals surface area contributed by atoms with E-state index in [4.69, 9.17) is 4.74 Å². The Labute approximate surface area is 237 Å². The van der Waals surface area contributed by atoms with E-state index in [1.165, 1.54) is 0 Å². The van der Waals surface area contributed by atoms with Gasteiger partial charge in [-0.2, -0.15) is 5.26 Å². The van der Waals surface area contributed by atoms with E-state index >= 15 is 0 Å². The molecule has 0 bridgehead atoms. The van der Waals surface area contributed by atoms with Gasteiger partial charge in [0, 0.05) is 67.2 Å². The summed E-state index contributed by atoms with van der Waals surface area (Å²) in [6.07, 6.45) is 2.03. The smallest absolute Gasteiger partial charge is 0.410 e. The van der Waals surface area contributed by atoms with E-state index in [9.17, 15) is 14.9 Å². The summed E-state index contributed by atoms with van der Waals surface area (Å²) in [5.41, 5.74) is 4.21. The summed E-state index contributed by atoms with van der Waals surface area (Å²) in [4.78, 5) is 32.0. The molecule has 1 saturated heterocycles. The van der Waals surface area contributed by atoms with Gasteiger partial charge in [0.15, 0.2) is 0 Å². The number of benzene rings is 2. The lowest BCUT2D eigenvalue weighted by atomic mass is 9.79. The van der Waals surface area contributed by atoms with Crippen molar-refractivity contribution < 1.29 is 14.3 Å². The summed E-state index contributed by atoms with van der Waals surface area (Å²) in [5.74, 6) is 0.783. The summed E-state index contributed by atoms with van der Waals surface area (Å²) >= 11 is 0. The zero-order valence-electron chi connectivity index (χ0n) is 24.5. The Morgan fingerprint density at radius 3 is 2.33 bits per heavy atom. The molecule has 2 fully saturated rings. The first-order valence-corrected chi connectivity index (χ1v) is 14.4. The number of hydrogen-bond acceptors (Lipinski definition) is 6. The standard InChI is InChI=1S/C32H41N5O3/c1-20-19-35(15-16-36(20)31(39)40-32(4,5)6)26-13-14-28-27(17-26)29(34-25-11-7-23(18-33)8-12-25)21(2)30(24-9-10-24)37(28)22(3)38/h7-8,11-14,17,20-21,24,29-30,34H,9-10,15-16,19H2,1-6H3/t20-,21+,29?,30?/m0/s1. The van der Waals surface area contributed by atoms with Crippen LogP contribution >= 0.6 is 0 Å². The van der Waals surface area contributed by atoms with Crippen LogP contribution in [-0.4, -0.2) is 54.2 Å². The molecule has 2 aliphatic heterocycles. The van der Waals surface area contributed by atoms with Crippen LogP contribution in [-0.2, 0) is 9.53 Å². The molecule has 2 aromatic carbocycles. The number of ether oxygens (including phenoxy) is 1. The van der Waals surface area contributed by atoms with Crippen molar-refractivity contribution >= 4 is 29.1 Å². The van der Waals surface area contributed by atoms with Gasteiger partial charge in [-0.25, -0.2) is 4.79 Å². The minimum absolute atomic E-state index is 0.000841. The van der Waals surface area contributed by atoms with Gasteiger partial charge in [-0.1, -0.05) is 6.92 Å². The molecule has 0 aromatic heterocycles. The van der Waals surface area contributed by atoms with Gasteiger partial charge in [-0.3, -0.25) is 4.79 Å². The van der Waals surface area contributed by atoms with Gasteiger partial charge in [0.1, 0.15) is 5.60 Å². The number of rotatable bonds is 4. The lowest BCUT2D eigenvalue weighted by Crippen LogP contribution is -2.55. The van der Waals surface area contributed by atoms with Crippen molar-refractivity contribution in [1.29, 1.82) is 5.26 Å². The number of fused-ring (bicyclic) bond motifs is 1. The van der Waals surface area contributed by atoms with Crippen molar-refractivity contribution in [2.45, 2.75) is 78.1 Å². The Hall–Kier alpha value is -3.73. The number of carbonyl (C=O) groups excluding carboxylic acids is 2. The van der Waals surface area contributed by atoms with Crippen molar-refractivity contribution in [1.82, 2.24) is 4.90 Å². The van der Waals surface area contributed by atoms with Crippen LogP contribution in [0.2, 0.25) is 0 Å². The fraction of sp³-hybridized carbons (Fsp3) is 0.531. The summed E-state index contributed by atoms with van der Waals surface area (Å²) < 4.78 is 5.63. The fourth-order valence-electron chi connectivity index (χ4n) is 6.35. The van der Waals surface area contributed by atoms with E-state index in [-0.39, 0.29) is 36.0 Å². The molecule has 1 N–H and O–H groups in total. The molecule has 0 radical (unpaired) electrons. The Kier molecular flexibility index (Phi) is 7.43. The average molecular weight is 544 g/mol. The van der Waals surface area contributed by atoms with Crippen LogP contribution in [0.1, 0.15) is 71.6 Å². The van der Waals surface area contributed by atoms with Gasteiger partial charge in [0.05, 0.1) is 17.7 Å². The maximum absolute atomic E-state index is 13.0. The number of nitrogens with one attached hydrogen (secondary N) is 1. The summed E-state index contributed by atoms with van der Waals surface area (Å²) in [6, 6.07) is 16.3. The Morgan fingerprint density at radius 2 is 1.75 bits per heavy atom. The third kappa shape index (κ3) is 5.60. The quantitative estimate of drug-likeness (QED) is 0.514. The molecule has 2 heterocycles. The molecule has 8 heteroatoms. The normalized spacial score (nSPS) is 24.7. The van der Waals surface area contributed by atoms with Crippen LogP contribution in [0.4, 0.5) is 21.9 Å². The van der Waals surface area contributed by atoms with Crippen molar-refractivity contribution in [3.63, 3.8) is 0 Å². The van der Waals surface area contributed by atoms with Gasteiger partial charge in [0.2, 0.25) is 5.91 Å². The molecule has 3 aliphatic rings. The number of carbonyl (C=O) groups is 2. The summed E-state index contributed by atoms with van der Waals surface area (Å²) in [5, 5.41) is 13.0. The highest BCUT2D eigenvalue weighted by atomic mass is 16.6. The zero-order chi connectivity index (χ0) is 28.8. The average Bonchev–Trinajstić information content (AvgIpc) is 3.74. The van der Waals surface area contributed by atoms with Crippen LogP contribution in [0.3, 0.4) is 0 Å². The van der Waals surface area contributed by atoms with E-state index in [2.05, 4.69) is 48.3 Å². The van der Waals surface area contributed by atoms with E-state index in [1.54, 1.807) is 6.92 Å². The number of hydrogen-bond donors (Lipinski definition) is 1. The first-order valence-electron chi connectivity index (χ1n) is 14.4. The minimum Gasteiger partial charge on any atom is -0.444 e. The minimum atomic E-state index is -0.527. The van der Waals surface area contributed by atoms with Crippen molar-refractivity contribution in [3.8, 4) is 6.07 Å².